The van der Waals surface area contributed by atoms with Gasteiger partial charge in [-0.05, 0) is 30.9 Å². The van der Waals surface area contributed by atoms with Crippen LogP contribution < -0.4 is 10.6 Å². The molecule has 0 saturated carbocycles. The summed E-state index contributed by atoms with van der Waals surface area (Å²) in [5, 5.41) is 9.26. The number of aromatic nitrogens is 2. The normalized spacial score (nSPS) is 19.0. The smallest absolute Gasteiger partial charge is 0.345 e. The molecule has 2 aromatic rings. The average Bonchev–Trinajstić information content (AvgIpc) is 3.05. The van der Waals surface area contributed by atoms with Crippen LogP contribution in [0.5, 0.6) is 0 Å². The van der Waals surface area contributed by atoms with Gasteiger partial charge >= 0.3 is 5.97 Å². The Balaban J connectivity index is 1.57. The van der Waals surface area contributed by atoms with Crippen molar-refractivity contribution in [3.8, 4) is 0 Å². The van der Waals surface area contributed by atoms with E-state index in [2.05, 4.69) is 9.97 Å². The number of carboxylic acid groups (broad SMARTS) is 1. The number of piperidine rings is 1. The topological polar surface area (TPSA) is 102 Å². The zero-order valence-electron chi connectivity index (χ0n) is 13.4. The highest BCUT2D eigenvalue weighted by atomic mass is 32.1. The van der Waals surface area contributed by atoms with E-state index in [4.69, 9.17) is 10.5 Å². The summed E-state index contributed by atoms with van der Waals surface area (Å²) < 4.78 is 19.4. The number of ether oxygens (including phenoxy) is 1. The lowest BCUT2D eigenvalue weighted by atomic mass is 9.85. The maximum absolute atomic E-state index is 13.2. The van der Waals surface area contributed by atoms with E-state index in [1.807, 2.05) is 4.90 Å². The van der Waals surface area contributed by atoms with E-state index in [1.165, 1.54) is 11.3 Å². The Bertz CT molecular complexity index is 833. The van der Waals surface area contributed by atoms with E-state index in [0.717, 1.165) is 23.1 Å². The van der Waals surface area contributed by atoms with Gasteiger partial charge in [0.15, 0.2) is 11.6 Å². The van der Waals surface area contributed by atoms with Gasteiger partial charge in [-0.15, -0.1) is 11.3 Å². The van der Waals surface area contributed by atoms with Crippen molar-refractivity contribution in [2.24, 2.45) is 0 Å². The molecule has 7 nitrogen and oxygen atoms in total. The third-order valence-corrected chi connectivity index (χ3v) is 6.15. The molecule has 0 radical (unpaired) electrons. The molecule has 4 rings (SSSR count). The molecule has 2 aromatic heterocycles. The number of hydrogen-bond donors (Lipinski definition) is 2. The van der Waals surface area contributed by atoms with Crippen LogP contribution in [-0.2, 0) is 16.8 Å². The molecule has 0 aromatic carbocycles. The highest BCUT2D eigenvalue weighted by Gasteiger charge is 2.43. The summed E-state index contributed by atoms with van der Waals surface area (Å²) in [5.41, 5.74) is 6.15. The molecular weight excluding hydrogens is 347 g/mol. The zero-order valence-corrected chi connectivity index (χ0v) is 14.2. The number of anilines is 2. The SMILES string of the molecule is Nc1nc(N2CCC3(CC2)OCCc2cc(C(=O)O)sc23)ncc1F. The Hall–Kier alpha value is -2.26. The molecule has 1 spiro atoms. The standard InChI is InChI=1S/C16H17FN4O3S/c17-10-8-19-15(20-13(10)18)21-4-2-16(3-5-21)12-9(1-6-24-16)7-11(25-12)14(22)23/h7-8H,1-6H2,(H,22,23)(H2,18,19,20). The molecular formula is C16H17FN4O3S. The van der Waals surface area contributed by atoms with Crippen LogP contribution in [0.2, 0.25) is 0 Å². The fourth-order valence-corrected chi connectivity index (χ4v) is 4.74. The second-order valence-electron chi connectivity index (χ2n) is 6.25. The van der Waals surface area contributed by atoms with Crippen LogP contribution in [0.3, 0.4) is 0 Å². The highest BCUT2D eigenvalue weighted by Crippen LogP contribution is 2.45. The lowest BCUT2D eigenvalue weighted by Gasteiger charge is -2.43. The summed E-state index contributed by atoms with van der Waals surface area (Å²) in [6, 6.07) is 1.77. The van der Waals surface area contributed by atoms with E-state index in [9.17, 15) is 14.3 Å². The number of fused-ring (bicyclic) bond motifs is 2. The number of aromatic carboxylic acids is 1. The maximum atomic E-state index is 13.2. The molecule has 3 N–H and O–H groups in total. The number of halogens is 1. The van der Waals surface area contributed by atoms with E-state index < -0.39 is 17.4 Å². The first kappa shape index (κ1) is 16.2. The third-order valence-electron chi connectivity index (χ3n) is 4.80. The predicted octanol–water partition coefficient (Wildman–Crippen LogP) is 2.03. The largest absolute Gasteiger partial charge is 0.477 e. The Kier molecular flexibility index (Phi) is 3.84. The van der Waals surface area contributed by atoms with Crippen LogP contribution >= 0.6 is 11.3 Å². The molecule has 1 saturated heterocycles. The van der Waals surface area contributed by atoms with Crippen molar-refractivity contribution in [3.63, 3.8) is 0 Å². The van der Waals surface area contributed by atoms with Gasteiger partial charge in [0, 0.05) is 18.0 Å². The van der Waals surface area contributed by atoms with Gasteiger partial charge in [-0.1, -0.05) is 0 Å². The summed E-state index contributed by atoms with van der Waals surface area (Å²) in [6.45, 7) is 1.85. The number of nitrogens with zero attached hydrogens (tertiary/aromatic N) is 3. The number of hydrogen-bond acceptors (Lipinski definition) is 7. The molecule has 0 bridgehead atoms. The monoisotopic (exact) mass is 364 g/mol. The molecule has 1 fully saturated rings. The van der Waals surface area contributed by atoms with E-state index >= 15 is 0 Å². The fourth-order valence-electron chi connectivity index (χ4n) is 3.49. The van der Waals surface area contributed by atoms with Crippen LogP contribution in [0.15, 0.2) is 12.3 Å². The lowest BCUT2D eigenvalue weighted by molar-refractivity contribution is -0.0736. The number of rotatable bonds is 2. The summed E-state index contributed by atoms with van der Waals surface area (Å²) in [5.74, 6) is -1.28. The Morgan fingerprint density at radius 1 is 1.44 bits per heavy atom. The van der Waals surface area contributed by atoms with Crippen LogP contribution in [-0.4, -0.2) is 40.7 Å². The van der Waals surface area contributed by atoms with Crippen molar-refractivity contribution in [1.29, 1.82) is 0 Å². The number of carbonyl (C=O) groups is 1. The van der Waals surface area contributed by atoms with Gasteiger partial charge in [0.2, 0.25) is 5.95 Å². The fraction of sp³-hybridized carbons (Fsp3) is 0.438. The first-order valence-corrected chi connectivity index (χ1v) is 8.83. The minimum absolute atomic E-state index is 0.161. The Morgan fingerprint density at radius 2 is 2.20 bits per heavy atom. The van der Waals surface area contributed by atoms with E-state index in [1.54, 1.807) is 6.07 Å². The van der Waals surface area contributed by atoms with Crippen LogP contribution in [0, 0.1) is 5.82 Å². The highest BCUT2D eigenvalue weighted by molar-refractivity contribution is 7.14. The summed E-state index contributed by atoms with van der Waals surface area (Å²) in [6.07, 6.45) is 3.21. The van der Waals surface area contributed by atoms with E-state index in [0.29, 0.717) is 43.4 Å². The number of carboxylic acids is 1. The third kappa shape index (κ3) is 2.73. The van der Waals surface area contributed by atoms with Crippen molar-refractivity contribution >= 4 is 29.1 Å². The number of nitrogens with two attached hydrogens (primary N) is 1. The van der Waals surface area contributed by atoms with Gasteiger partial charge in [0.1, 0.15) is 10.5 Å². The molecule has 4 heterocycles. The first-order chi connectivity index (χ1) is 12.0. The molecule has 0 atom stereocenters. The maximum Gasteiger partial charge on any atom is 0.345 e. The lowest BCUT2D eigenvalue weighted by Crippen LogP contribution is -2.46. The van der Waals surface area contributed by atoms with Crippen molar-refractivity contribution < 1.29 is 19.0 Å². The molecule has 132 valence electrons. The van der Waals surface area contributed by atoms with Crippen molar-refractivity contribution in [3.05, 3.63) is 33.4 Å². The number of thiophene rings is 1. The molecule has 0 aliphatic carbocycles. The molecule has 0 amide bonds. The number of nitrogen functional groups attached to an aromatic ring is 1. The van der Waals surface area contributed by atoms with Crippen LogP contribution in [0.25, 0.3) is 0 Å². The minimum atomic E-state index is -0.901. The van der Waals surface area contributed by atoms with Gasteiger partial charge in [0.05, 0.1) is 12.8 Å². The van der Waals surface area contributed by atoms with Gasteiger partial charge in [-0.3, -0.25) is 0 Å². The molecule has 25 heavy (non-hydrogen) atoms. The Morgan fingerprint density at radius 3 is 2.88 bits per heavy atom. The van der Waals surface area contributed by atoms with Gasteiger partial charge < -0.3 is 20.5 Å². The van der Waals surface area contributed by atoms with Gasteiger partial charge in [0.25, 0.3) is 0 Å². The zero-order chi connectivity index (χ0) is 17.6. The predicted molar refractivity (Wildman–Crippen MR) is 90.5 cm³/mol. The molecule has 0 unspecified atom stereocenters. The Labute approximate surface area is 147 Å². The minimum Gasteiger partial charge on any atom is -0.477 e. The summed E-state index contributed by atoms with van der Waals surface area (Å²) in [4.78, 5) is 22.6. The van der Waals surface area contributed by atoms with Crippen molar-refractivity contribution in [2.45, 2.75) is 24.9 Å². The molecule has 2 aliphatic rings. The van der Waals surface area contributed by atoms with Gasteiger partial charge in [-0.25, -0.2) is 14.2 Å². The first-order valence-electron chi connectivity index (χ1n) is 8.02. The molecule has 9 heteroatoms. The second-order valence-corrected chi connectivity index (χ2v) is 7.31. The van der Waals surface area contributed by atoms with Gasteiger partial charge in [-0.2, -0.15) is 4.98 Å². The molecule has 2 aliphatic heterocycles. The van der Waals surface area contributed by atoms with Crippen LogP contribution in [0.1, 0.15) is 33.0 Å². The quantitative estimate of drug-likeness (QED) is 0.840. The summed E-state index contributed by atoms with van der Waals surface area (Å²) >= 11 is 1.31. The van der Waals surface area contributed by atoms with Crippen molar-refractivity contribution in [1.82, 2.24) is 9.97 Å². The van der Waals surface area contributed by atoms with E-state index in [-0.39, 0.29) is 5.82 Å². The second kappa shape index (κ2) is 5.92. The average molecular weight is 364 g/mol. The van der Waals surface area contributed by atoms with Crippen molar-refractivity contribution in [2.75, 3.05) is 30.3 Å². The summed E-state index contributed by atoms with van der Waals surface area (Å²) in [7, 11) is 0. The van der Waals surface area contributed by atoms with Crippen LogP contribution in [0.4, 0.5) is 16.2 Å².